The fraction of sp³-hybridized carbons (Fsp3) is 0.0189. The molecule has 10 aromatic rings. The molecule has 63 heavy (non-hydrogen) atoms. The number of hydrogen-bond donors (Lipinski definition) is 0. The first-order chi connectivity index (χ1) is 30.7. The number of furan rings is 1. The van der Waals surface area contributed by atoms with Gasteiger partial charge in [0.25, 0.3) is 0 Å². The molecule has 0 aliphatic heterocycles. The summed E-state index contributed by atoms with van der Waals surface area (Å²) in [5, 5.41) is 5.81. The molecular weight excluding hydrogens is 756 g/mol. The van der Waals surface area contributed by atoms with Gasteiger partial charge in [0.15, 0.2) is 0 Å². The third-order valence-corrected chi connectivity index (χ3v) is 12.0. The molecule has 0 bridgehead atoms. The Balaban J connectivity index is 1.16. The van der Waals surface area contributed by atoms with Crippen LogP contribution in [0.5, 0.6) is 0 Å². The van der Waals surface area contributed by atoms with Crippen LogP contribution in [0.4, 0.5) is 11.4 Å². The minimum Gasteiger partial charge on any atom is -0.455 e. The average molecular weight is 786 g/mol. The predicted octanol–water partition coefficient (Wildman–Crippen LogP) is 7.71. The molecule has 0 aliphatic rings. The van der Waals surface area contributed by atoms with E-state index in [1.807, 2.05) is 137 Å². The Morgan fingerprint density at radius 1 is 0.571 bits per heavy atom. The van der Waals surface area contributed by atoms with Crippen LogP contribution < -0.4 is 26.8 Å². The first kappa shape index (κ1) is 40.0. The third-order valence-electron chi connectivity index (χ3n) is 12.0. The number of rotatable bonds is 8. The van der Waals surface area contributed by atoms with Crippen LogP contribution in [-0.4, -0.2) is 66.0 Å². The van der Waals surface area contributed by atoms with Crippen LogP contribution in [0, 0.1) is 12.3 Å². The van der Waals surface area contributed by atoms with Crippen molar-refractivity contribution in [3.63, 3.8) is 0 Å². The molecule has 0 saturated carbocycles. The summed E-state index contributed by atoms with van der Waals surface area (Å²) in [6, 6.07) is 52.0. The Hall–Kier alpha value is -7.09. The van der Waals surface area contributed by atoms with Gasteiger partial charge in [0.1, 0.15) is 66.1 Å². The summed E-state index contributed by atoms with van der Waals surface area (Å²) in [5.74, 6) is 2.62. The molecule has 0 spiro atoms. The van der Waals surface area contributed by atoms with E-state index in [4.69, 9.17) is 65.8 Å². The zero-order valence-corrected chi connectivity index (χ0v) is 34.1. The van der Waals surface area contributed by atoms with Crippen LogP contribution in [0.25, 0.3) is 82.5 Å². The maximum Gasteiger partial charge on any atom is 0.143 e. The summed E-state index contributed by atoms with van der Waals surface area (Å²) < 4.78 is 8.46. The summed E-state index contributed by atoms with van der Waals surface area (Å²) in [5.41, 5.74) is 9.24. The molecule has 2 heterocycles. The average Bonchev–Trinajstić information content (AvgIpc) is 3.88. The van der Waals surface area contributed by atoms with Gasteiger partial charge in [-0.2, -0.15) is 0 Å². The first-order valence-electron chi connectivity index (χ1n) is 20.4. The summed E-state index contributed by atoms with van der Waals surface area (Å²) in [6.07, 6.45) is 6.03. The van der Waals surface area contributed by atoms with Crippen molar-refractivity contribution in [2.45, 2.75) is 0 Å². The van der Waals surface area contributed by atoms with E-state index in [1.165, 1.54) is 0 Å². The molecule has 10 rings (SSSR count). The van der Waals surface area contributed by atoms with E-state index in [0.717, 1.165) is 65.6 Å². The van der Waals surface area contributed by atoms with Gasteiger partial charge in [0.05, 0.1) is 11.0 Å². The van der Waals surface area contributed by atoms with E-state index in [0.29, 0.717) is 28.2 Å². The molecule has 0 amide bonds. The maximum absolute atomic E-state index is 7.17. The highest BCUT2D eigenvalue weighted by Crippen LogP contribution is 2.40. The minimum atomic E-state index is -0.0172. The number of terminal acetylenes is 1. The number of aromatic nitrogens is 1. The smallest absolute Gasteiger partial charge is 0.143 e. The number of fused-ring (bicyclic) bond motifs is 8. The molecule has 8 aromatic carbocycles. The van der Waals surface area contributed by atoms with E-state index in [9.17, 15) is 0 Å². The van der Waals surface area contributed by atoms with Crippen molar-refractivity contribution in [1.82, 2.24) is 4.57 Å². The Morgan fingerprint density at radius 2 is 1.16 bits per heavy atom. The highest BCUT2D eigenvalue weighted by molar-refractivity contribution is 6.63. The lowest BCUT2D eigenvalue weighted by molar-refractivity contribution is 0.673. The molecule has 0 aliphatic carbocycles. The molecule has 0 unspecified atom stereocenters. The van der Waals surface area contributed by atoms with Gasteiger partial charge in [-0.25, -0.2) is 0 Å². The van der Waals surface area contributed by atoms with Crippen molar-refractivity contribution in [3.8, 4) is 34.6 Å². The number of nitrogens with zero attached hydrogens (tertiary/aromatic N) is 2. The second-order valence-electron chi connectivity index (χ2n) is 15.5. The second-order valence-corrected chi connectivity index (χ2v) is 15.5. The van der Waals surface area contributed by atoms with Gasteiger partial charge in [0.2, 0.25) is 0 Å². The molecule has 14 radical (unpaired) electrons. The quantitative estimate of drug-likeness (QED) is 0.0895. The van der Waals surface area contributed by atoms with Crippen LogP contribution >= 0.6 is 0 Å². The molecule has 3 nitrogen and oxygen atoms in total. The van der Waals surface area contributed by atoms with E-state index >= 15 is 0 Å². The predicted molar refractivity (Wildman–Crippen MR) is 273 cm³/mol. The van der Waals surface area contributed by atoms with Crippen molar-refractivity contribution >= 4 is 148 Å². The van der Waals surface area contributed by atoms with E-state index in [2.05, 4.69) is 36.3 Å². The number of para-hydroxylation sites is 2. The fourth-order valence-electron chi connectivity index (χ4n) is 8.95. The normalized spacial score (nSPS) is 12.5. The van der Waals surface area contributed by atoms with Crippen molar-refractivity contribution in [1.29, 1.82) is 0 Å². The monoisotopic (exact) mass is 786 g/mol. The SMILES string of the molecule is [B]/C(CN(c1ccc(-c2ccccc2)cc1)c1c([B])c([B])c(-c2cccc3oc4c5ccccc5ccc4c23)c([B])c1[B])=C([B])/C(=C(/[B])C#C)n1c2ccccc2c2ccccc21. The molecule has 0 fully saturated rings. The Morgan fingerprint density at radius 3 is 1.81 bits per heavy atom. The summed E-state index contributed by atoms with van der Waals surface area (Å²) in [6.45, 7) is -0.0172. The van der Waals surface area contributed by atoms with Crippen LogP contribution in [-0.2, 0) is 0 Å². The van der Waals surface area contributed by atoms with Gasteiger partial charge in [-0.05, 0) is 69.5 Å². The van der Waals surface area contributed by atoms with E-state index < -0.39 is 0 Å². The van der Waals surface area contributed by atoms with Gasteiger partial charge < -0.3 is 13.9 Å². The van der Waals surface area contributed by atoms with Crippen molar-refractivity contribution in [2.75, 3.05) is 11.4 Å². The standard InChI is InChI=1S/C53H29B7N2O/c1-2-39(54)51(62-41-20-10-8-17-35(41)36-18-9-11-21-42(36)62)46(56)40(55)29-61(33-26-23-31(24-27-33)30-13-4-3-5-14-30)52-49(59)47(57)45(48(58)50(52)60)37-19-12-22-43-44(37)38-28-25-32-15-6-7-16-34(32)53(38)63-43/h1,3-28H,29H2/b46-40-,51-39-. The highest BCUT2D eigenvalue weighted by atomic mass is 16.3. The van der Waals surface area contributed by atoms with Gasteiger partial charge in [0, 0.05) is 50.5 Å². The topological polar surface area (TPSA) is 21.3 Å². The summed E-state index contributed by atoms with van der Waals surface area (Å²) in [7, 11) is 49.5. The van der Waals surface area contributed by atoms with Crippen LogP contribution in [0.15, 0.2) is 179 Å². The largest absolute Gasteiger partial charge is 0.455 e. The lowest BCUT2D eigenvalue weighted by atomic mass is 9.64. The minimum absolute atomic E-state index is 0.0172. The lowest BCUT2D eigenvalue weighted by Crippen LogP contribution is -2.47. The molecule has 278 valence electrons. The van der Waals surface area contributed by atoms with E-state index in [1.54, 1.807) is 0 Å². The Kier molecular flexibility index (Phi) is 10.2. The Labute approximate surface area is 375 Å². The van der Waals surface area contributed by atoms with Gasteiger partial charge in [-0.15, -0.1) is 11.9 Å². The number of hydrogen-bond acceptors (Lipinski definition) is 2. The number of anilines is 2. The van der Waals surface area contributed by atoms with Gasteiger partial charge in [-0.1, -0.05) is 155 Å². The van der Waals surface area contributed by atoms with Crippen molar-refractivity contribution in [3.05, 3.63) is 174 Å². The van der Waals surface area contributed by atoms with Crippen molar-refractivity contribution in [2.24, 2.45) is 0 Å². The highest BCUT2D eigenvalue weighted by Gasteiger charge is 2.24. The molecule has 0 saturated heterocycles. The first-order valence-corrected chi connectivity index (χ1v) is 20.4. The molecule has 0 N–H and O–H groups in total. The lowest BCUT2D eigenvalue weighted by Gasteiger charge is -2.34. The molecule has 2 aromatic heterocycles. The van der Waals surface area contributed by atoms with Crippen LogP contribution in [0.2, 0.25) is 0 Å². The van der Waals surface area contributed by atoms with Gasteiger partial charge in [-0.3, -0.25) is 0 Å². The maximum atomic E-state index is 7.17. The van der Waals surface area contributed by atoms with E-state index in [-0.39, 0.29) is 44.8 Å². The molecule has 10 heteroatoms. The second kappa shape index (κ2) is 16.0. The number of allylic oxidation sites excluding steroid dienone is 3. The van der Waals surface area contributed by atoms with Crippen molar-refractivity contribution < 1.29 is 4.42 Å². The fourth-order valence-corrected chi connectivity index (χ4v) is 8.95. The molecule has 0 atom stereocenters. The van der Waals surface area contributed by atoms with Crippen LogP contribution in [0.3, 0.4) is 0 Å². The Bertz CT molecular complexity index is 3500. The summed E-state index contributed by atoms with van der Waals surface area (Å²) >= 11 is 0. The zero-order chi connectivity index (χ0) is 43.5. The third kappa shape index (κ3) is 6.58. The van der Waals surface area contributed by atoms with Crippen LogP contribution in [0.1, 0.15) is 0 Å². The zero-order valence-electron chi connectivity index (χ0n) is 34.1. The van der Waals surface area contributed by atoms with Gasteiger partial charge >= 0.3 is 0 Å². The molecular formula is C53H29B7N2O. The summed E-state index contributed by atoms with van der Waals surface area (Å²) in [4.78, 5) is 1.87. The number of benzene rings is 8.